The van der Waals surface area contributed by atoms with Gasteiger partial charge in [-0.25, -0.2) is 0 Å². The molecule has 4 nitrogen and oxygen atoms in total. The highest BCUT2D eigenvalue weighted by Crippen LogP contribution is 2.33. The third-order valence-electron chi connectivity index (χ3n) is 1.39. The summed E-state index contributed by atoms with van der Waals surface area (Å²) < 4.78 is 0.759. The molecule has 0 radical (unpaired) electrons. The lowest BCUT2D eigenvalue weighted by atomic mass is 10.2. The molecule has 12 heavy (non-hydrogen) atoms. The Labute approximate surface area is 77.6 Å². The molecule has 1 rings (SSSR count). The van der Waals surface area contributed by atoms with Crippen LogP contribution in [0.4, 0.5) is 5.69 Å². The van der Waals surface area contributed by atoms with Gasteiger partial charge in [-0.1, -0.05) is 21.0 Å². The summed E-state index contributed by atoms with van der Waals surface area (Å²) in [6, 6.07) is 3.25. The largest absolute Gasteiger partial charge is 0.507 e. The lowest BCUT2D eigenvalue weighted by Crippen LogP contribution is -1.75. The maximum Gasteiger partial charge on any atom is 0.126 e. The Bertz CT molecular complexity index is 335. The maximum absolute atomic E-state index is 9.31. The fourth-order valence-electron chi connectivity index (χ4n) is 0.893. The van der Waals surface area contributed by atoms with Gasteiger partial charge in [-0.3, -0.25) is 0 Å². The number of aryl methyl sites for hydroxylation is 1. The van der Waals surface area contributed by atoms with E-state index in [0.29, 0.717) is 0 Å². The Morgan fingerprint density at radius 3 is 2.75 bits per heavy atom. The quantitative estimate of drug-likeness (QED) is 0.446. The van der Waals surface area contributed by atoms with Crippen LogP contribution in [-0.2, 0) is 0 Å². The van der Waals surface area contributed by atoms with E-state index in [1.807, 2.05) is 0 Å². The molecule has 0 bridgehead atoms. The minimum absolute atomic E-state index is 0.0142. The van der Waals surface area contributed by atoms with E-state index < -0.39 is 0 Å². The Morgan fingerprint density at radius 1 is 1.58 bits per heavy atom. The van der Waals surface area contributed by atoms with Crippen LogP contribution < -0.4 is 0 Å². The van der Waals surface area contributed by atoms with Crippen molar-refractivity contribution in [1.29, 1.82) is 0 Å². The zero-order chi connectivity index (χ0) is 9.14. The molecule has 62 valence electrons. The molecule has 0 aliphatic heterocycles. The van der Waals surface area contributed by atoms with Crippen LogP contribution in [0.15, 0.2) is 21.7 Å². The molecule has 1 N–H and O–H groups in total. The van der Waals surface area contributed by atoms with Gasteiger partial charge < -0.3 is 5.11 Å². The summed E-state index contributed by atoms with van der Waals surface area (Å²) in [5.74, 6) is -0.0142. The number of nitrogens with zero attached hydrogens (tertiary/aromatic N) is 3. The van der Waals surface area contributed by atoms with Crippen LogP contribution >= 0.6 is 15.9 Å². The van der Waals surface area contributed by atoms with Gasteiger partial charge in [0.2, 0.25) is 0 Å². The lowest BCUT2D eigenvalue weighted by molar-refractivity contribution is 0.476. The van der Waals surface area contributed by atoms with Crippen molar-refractivity contribution in [3.8, 4) is 5.75 Å². The molecule has 5 heteroatoms. The highest BCUT2D eigenvalue weighted by molar-refractivity contribution is 9.10. The summed E-state index contributed by atoms with van der Waals surface area (Å²) in [5.41, 5.74) is 9.19. The standard InChI is InChI=1S/C7H6BrN3O/c1-4-2-5(8)3-6(12)7(4)10-11-9/h2-3,12H,1H3. The zero-order valence-corrected chi connectivity index (χ0v) is 7.91. The minimum Gasteiger partial charge on any atom is -0.507 e. The molecule has 0 saturated heterocycles. The van der Waals surface area contributed by atoms with E-state index >= 15 is 0 Å². The lowest BCUT2D eigenvalue weighted by Gasteiger charge is -2.02. The minimum atomic E-state index is -0.0142. The van der Waals surface area contributed by atoms with Crippen LogP contribution in [0.25, 0.3) is 10.4 Å². The Hall–Kier alpha value is -1.19. The Balaban J connectivity index is 3.37. The molecule has 1 aromatic carbocycles. The highest BCUT2D eigenvalue weighted by atomic mass is 79.9. The summed E-state index contributed by atoms with van der Waals surface area (Å²) in [4.78, 5) is 2.61. The smallest absolute Gasteiger partial charge is 0.126 e. The summed E-state index contributed by atoms with van der Waals surface area (Å²) >= 11 is 3.20. The van der Waals surface area contributed by atoms with E-state index in [-0.39, 0.29) is 11.4 Å². The second-order valence-electron chi connectivity index (χ2n) is 2.28. The molecule has 0 spiro atoms. The number of aromatic hydroxyl groups is 1. The second kappa shape index (κ2) is 3.47. The van der Waals surface area contributed by atoms with E-state index in [2.05, 4.69) is 26.0 Å². The zero-order valence-electron chi connectivity index (χ0n) is 6.32. The fourth-order valence-corrected chi connectivity index (χ4v) is 1.45. The van der Waals surface area contributed by atoms with Crippen LogP contribution in [0.3, 0.4) is 0 Å². The number of phenolic OH excluding ortho intramolecular Hbond substituents is 1. The van der Waals surface area contributed by atoms with Gasteiger partial charge >= 0.3 is 0 Å². The number of hydrogen-bond donors (Lipinski definition) is 1. The van der Waals surface area contributed by atoms with E-state index in [1.165, 1.54) is 6.07 Å². The first-order valence-corrected chi connectivity index (χ1v) is 3.98. The first-order valence-electron chi connectivity index (χ1n) is 3.19. The van der Waals surface area contributed by atoms with Crippen LogP contribution in [0.2, 0.25) is 0 Å². The molecule has 0 heterocycles. The van der Waals surface area contributed by atoms with Gasteiger partial charge in [0, 0.05) is 9.38 Å². The van der Waals surface area contributed by atoms with E-state index in [9.17, 15) is 5.11 Å². The Morgan fingerprint density at radius 2 is 2.25 bits per heavy atom. The van der Waals surface area contributed by atoms with Gasteiger partial charge in [-0.05, 0) is 30.2 Å². The monoisotopic (exact) mass is 227 g/mol. The van der Waals surface area contributed by atoms with Gasteiger partial charge in [-0.15, -0.1) is 0 Å². The second-order valence-corrected chi connectivity index (χ2v) is 3.20. The number of hydrogen-bond acceptors (Lipinski definition) is 2. The number of benzene rings is 1. The van der Waals surface area contributed by atoms with Crippen molar-refractivity contribution in [1.82, 2.24) is 0 Å². The van der Waals surface area contributed by atoms with Crippen molar-refractivity contribution >= 4 is 21.6 Å². The first-order chi connectivity index (χ1) is 5.65. The van der Waals surface area contributed by atoms with Gasteiger partial charge in [0.25, 0.3) is 0 Å². The van der Waals surface area contributed by atoms with Gasteiger partial charge in [-0.2, -0.15) is 0 Å². The van der Waals surface area contributed by atoms with Crippen molar-refractivity contribution in [2.75, 3.05) is 0 Å². The molecule has 0 aliphatic carbocycles. The summed E-state index contributed by atoms with van der Waals surface area (Å²) in [6.07, 6.45) is 0. The molecule has 0 saturated carbocycles. The first kappa shape index (κ1) is 8.90. The van der Waals surface area contributed by atoms with Gasteiger partial charge in [0.15, 0.2) is 0 Å². The predicted octanol–water partition coefficient (Wildman–Crippen LogP) is 3.40. The number of azide groups is 1. The van der Waals surface area contributed by atoms with Crippen molar-refractivity contribution in [3.63, 3.8) is 0 Å². The molecule has 1 aromatic rings. The van der Waals surface area contributed by atoms with Crippen molar-refractivity contribution < 1.29 is 5.11 Å². The fraction of sp³-hybridized carbons (Fsp3) is 0.143. The van der Waals surface area contributed by atoms with Gasteiger partial charge in [0.05, 0.1) is 5.69 Å². The SMILES string of the molecule is Cc1cc(Br)cc(O)c1N=[N+]=[N-]. The highest BCUT2D eigenvalue weighted by Gasteiger charge is 2.03. The van der Waals surface area contributed by atoms with E-state index in [0.717, 1.165) is 10.0 Å². The molecule has 0 amide bonds. The Kier molecular flexibility index (Phi) is 2.58. The summed E-state index contributed by atoms with van der Waals surface area (Å²) in [7, 11) is 0. The normalized spacial score (nSPS) is 9.17. The van der Waals surface area contributed by atoms with Crippen molar-refractivity contribution in [3.05, 3.63) is 32.6 Å². The molecular formula is C7H6BrN3O. The maximum atomic E-state index is 9.31. The predicted molar refractivity (Wildman–Crippen MR) is 49.3 cm³/mol. The molecular weight excluding hydrogens is 222 g/mol. The molecule has 0 fully saturated rings. The third-order valence-corrected chi connectivity index (χ3v) is 1.85. The van der Waals surface area contributed by atoms with E-state index in [4.69, 9.17) is 5.53 Å². The number of rotatable bonds is 1. The van der Waals surface area contributed by atoms with Crippen LogP contribution in [0.5, 0.6) is 5.75 Å². The van der Waals surface area contributed by atoms with Crippen molar-refractivity contribution in [2.24, 2.45) is 5.11 Å². The van der Waals surface area contributed by atoms with Crippen LogP contribution in [0.1, 0.15) is 5.56 Å². The summed E-state index contributed by atoms with van der Waals surface area (Å²) in [6.45, 7) is 1.76. The average Bonchev–Trinajstić information content (AvgIpc) is 1.96. The molecule has 0 aromatic heterocycles. The molecule has 0 atom stereocenters. The number of phenols is 1. The molecule has 0 unspecified atom stereocenters. The van der Waals surface area contributed by atoms with Gasteiger partial charge in [0.1, 0.15) is 5.75 Å². The topological polar surface area (TPSA) is 69.0 Å². The van der Waals surface area contributed by atoms with Crippen molar-refractivity contribution in [2.45, 2.75) is 6.92 Å². The van der Waals surface area contributed by atoms with E-state index in [1.54, 1.807) is 13.0 Å². The number of halogens is 1. The average molecular weight is 228 g/mol. The van der Waals surface area contributed by atoms with Crippen LogP contribution in [-0.4, -0.2) is 5.11 Å². The molecule has 0 aliphatic rings. The third kappa shape index (κ3) is 1.69. The summed E-state index contributed by atoms with van der Waals surface area (Å²) in [5, 5.41) is 12.7. The van der Waals surface area contributed by atoms with Crippen LogP contribution in [0, 0.1) is 6.92 Å².